The standard InChI is InChI=1S/C16H29N3S/c1-6-8-13-14(11-17-12-9-10-12)20-15(18-13)19(5)16(3,4)7-2/h12,17H,6-11H2,1-5H3. The molecule has 0 atom stereocenters. The molecule has 0 bridgehead atoms. The summed E-state index contributed by atoms with van der Waals surface area (Å²) in [6, 6.07) is 0.764. The Bertz CT molecular complexity index is 435. The van der Waals surface area contributed by atoms with E-state index in [-0.39, 0.29) is 5.54 Å². The van der Waals surface area contributed by atoms with Gasteiger partial charge in [-0.15, -0.1) is 11.3 Å². The number of anilines is 1. The molecule has 3 nitrogen and oxygen atoms in total. The van der Waals surface area contributed by atoms with Gasteiger partial charge in [-0.05, 0) is 39.5 Å². The van der Waals surface area contributed by atoms with Crippen LogP contribution < -0.4 is 10.2 Å². The Labute approximate surface area is 127 Å². The molecule has 4 heteroatoms. The quantitative estimate of drug-likeness (QED) is 0.786. The second-order valence-electron chi connectivity index (χ2n) is 6.50. The SMILES string of the molecule is CCCc1nc(N(C)C(C)(C)CC)sc1CNC1CC1. The summed E-state index contributed by atoms with van der Waals surface area (Å²) in [4.78, 5) is 8.70. The largest absolute Gasteiger partial charge is 0.346 e. The highest BCUT2D eigenvalue weighted by atomic mass is 32.1. The van der Waals surface area contributed by atoms with E-state index >= 15 is 0 Å². The van der Waals surface area contributed by atoms with Crippen LogP contribution in [0.4, 0.5) is 5.13 Å². The molecule has 0 unspecified atom stereocenters. The van der Waals surface area contributed by atoms with Gasteiger partial charge in [-0.25, -0.2) is 4.98 Å². The van der Waals surface area contributed by atoms with Crippen molar-refractivity contribution in [1.82, 2.24) is 10.3 Å². The number of aromatic nitrogens is 1. The third kappa shape index (κ3) is 3.73. The average Bonchev–Trinajstić information content (AvgIpc) is 3.17. The van der Waals surface area contributed by atoms with Crippen molar-refractivity contribution in [2.75, 3.05) is 11.9 Å². The molecule has 0 amide bonds. The van der Waals surface area contributed by atoms with Gasteiger partial charge in [-0.1, -0.05) is 20.3 Å². The summed E-state index contributed by atoms with van der Waals surface area (Å²) in [6.07, 6.45) is 6.08. The van der Waals surface area contributed by atoms with Gasteiger partial charge in [0.2, 0.25) is 0 Å². The van der Waals surface area contributed by atoms with E-state index in [4.69, 9.17) is 4.98 Å². The van der Waals surface area contributed by atoms with E-state index in [0.717, 1.165) is 25.4 Å². The average molecular weight is 295 g/mol. The number of rotatable bonds is 8. The molecule has 114 valence electrons. The maximum absolute atomic E-state index is 4.92. The van der Waals surface area contributed by atoms with Crippen LogP contribution in [0, 0.1) is 0 Å². The monoisotopic (exact) mass is 295 g/mol. The van der Waals surface area contributed by atoms with Crippen molar-refractivity contribution in [1.29, 1.82) is 0 Å². The van der Waals surface area contributed by atoms with Crippen molar-refractivity contribution < 1.29 is 0 Å². The van der Waals surface area contributed by atoms with Gasteiger partial charge in [0.05, 0.1) is 5.69 Å². The van der Waals surface area contributed by atoms with Crippen LogP contribution in [-0.2, 0) is 13.0 Å². The van der Waals surface area contributed by atoms with Gasteiger partial charge in [-0.2, -0.15) is 0 Å². The zero-order chi connectivity index (χ0) is 14.8. The van der Waals surface area contributed by atoms with Crippen LogP contribution in [-0.4, -0.2) is 23.6 Å². The molecule has 1 N–H and O–H groups in total. The summed E-state index contributed by atoms with van der Waals surface area (Å²) in [5, 5.41) is 4.80. The third-order valence-electron chi connectivity index (χ3n) is 4.44. The molecule has 2 rings (SSSR count). The Kier molecular flexibility index (Phi) is 5.08. The first-order valence-corrected chi connectivity index (χ1v) is 8.75. The molecule has 1 aromatic heterocycles. The Morgan fingerprint density at radius 3 is 2.60 bits per heavy atom. The summed E-state index contributed by atoms with van der Waals surface area (Å²) in [7, 11) is 2.18. The smallest absolute Gasteiger partial charge is 0.186 e. The molecular weight excluding hydrogens is 266 g/mol. The van der Waals surface area contributed by atoms with Gasteiger partial charge >= 0.3 is 0 Å². The van der Waals surface area contributed by atoms with Crippen molar-refractivity contribution in [3.8, 4) is 0 Å². The molecule has 1 aliphatic rings. The van der Waals surface area contributed by atoms with E-state index in [1.807, 2.05) is 11.3 Å². The van der Waals surface area contributed by atoms with Crippen molar-refractivity contribution in [3.63, 3.8) is 0 Å². The van der Waals surface area contributed by atoms with Gasteiger partial charge in [-0.3, -0.25) is 0 Å². The fraction of sp³-hybridized carbons (Fsp3) is 0.812. The number of nitrogens with one attached hydrogen (secondary N) is 1. The van der Waals surface area contributed by atoms with Gasteiger partial charge in [0.1, 0.15) is 0 Å². The summed E-state index contributed by atoms with van der Waals surface area (Å²) < 4.78 is 0. The zero-order valence-corrected chi connectivity index (χ0v) is 14.4. The normalized spacial score (nSPS) is 15.7. The number of nitrogens with zero attached hydrogens (tertiary/aromatic N) is 2. The third-order valence-corrected chi connectivity index (χ3v) is 5.62. The lowest BCUT2D eigenvalue weighted by atomic mass is 10.0. The highest BCUT2D eigenvalue weighted by Crippen LogP contribution is 2.32. The minimum Gasteiger partial charge on any atom is -0.346 e. The summed E-state index contributed by atoms with van der Waals surface area (Å²) >= 11 is 1.87. The van der Waals surface area contributed by atoms with Crippen molar-refractivity contribution in [2.24, 2.45) is 0 Å². The molecule has 20 heavy (non-hydrogen) atoms. The summed E-state index contributed by atoms with van der Waals surface area (Å²) in [6.45, 7) is 10.0. The fourth-order valence-corrected chi connectivity index (χ4v) is 3.29. The Morgan fingerprint density at radius 2 is 2.05 bits per heavy atom. The Balaban J connectivity index is 2.13. The predicted octanol–water partition coefficient (Wildman–Crippen LogP) is 3.97. The highest BCUT2D eigenvalue weighted by Gasteiger charge is 2.26. The highest BCUT2D eigenvalue weighted by molar-refractivity contribution is 7.15. The van der Waals surface area contributed by atoms with Crippen molar-refractivity contribution >= 4 is 16.5 Å². The van der Waals surface area contributed by atoms with Crippen LogP contribution >= 0.6 is 11.3 Å². The van der Waals surface area contributed by atoms with Crippen LogP contribution in [0.5, 0.6) is 0 Å². The summed E-state index contributed by atoms with van der Waals surface area (Å²) in [5.41, 5.74) is 1.47. The van der Waals surface area contributed by atoms with Crippen molar-refractivity contribution in [3.05, 3.63) is 10.6 Å². The minimum absolute atomic E-state index is 0.169. The minimum atomic E-state index is 0.169. The Morgan fingerprint density at radius 1 is 1.35 bits per heavy atom. The molecule has 0 spiro atoms. The maximum atomic E-state index is 4.92. The van der Waals surface area contributed by atoms with E-state index in [1.54, 1.807) is 0 Å². The number of thiazole rings is 1. The lowest BCUT2D eigenvalue weighted by Crippen LogP contribution is -2.40. The van der Waals surface area contributed by atoms with Gasteiger partial charge in [0.15, 0.2) is 5.13 Å². The number of hydrogen-bond donors (Lipinski definition) is 1. The van der Waals surface area contributed by atoms with E-state index in [0.29, 0.717) is 0 Å². The maximum Gasteiger partial charge on any atom is 0.186 e. The van der Waals surface area contributed by atoms with E-state index < -0.39 is 0 Å². The lowest BCUT2D eigenvalue weighted by molar-refractivity contribution is 0.470. The Hall–Kier alpha value is -0.610. The van der Waals surface area contributed by atoms with E-state index in [1.165, 1.54) is 35.0 Å². The molecule has 1 aliphatic carbocycles. The zero-order valence-electron chi connectivity index (χ0n) is 13.6. The van der Waals surface area contributed by atoms with Crippen LogP contribution in [0.3, 0.4) is 0 Å². The van der Waals surface area contributed by atoms with E-state index in [2.05, 4.69) is 45.0 Å². The number of aryl methyl sites for hydroxylation is 1. The molecule has 0 aromatic carbocycles. The van der Waals surface area contributed by atoms with E-state index in [9.17, 15) is 0 Å². The second kappa shape index (κ2) is 6.44. The molecule has 1 heterocycles. The van der Waals surface area contributed by atoms with Gasteiger partial charge < -0.3 is 10.2 Å². The molecule has 1 aromatic rings. The second-order valence-corrected chi connectivity index (χ2v) is 7.56. The van der Waals surface area contributed by atoms with Crippen LogP contribution in [0.25, 0.3) is 0 Å². The van der Waals surface area contributed by atoms with Crippen LogP contribution in [0.2, 0.25) is 0 Å². The first-order chi connectivity index (χ1) is 9.47. The first kappa shape index (κ1) is 15.8. The predicted molar refractivity (Wildman–Crippen MR) is 88.7 cm³/mol. The van der Waals surface area contributed by atoms with Crippen LogP contribution in [0.1, 0.15) is 63.9 Å². The molecule has 1 saturated carbocycles. The molecule has 0 radical (unpaired) electrons. The molecule has 0 saturated heterocycles. The molecular formula is C16H29N3S. The van der Waals surface area contributed by atoms with Crippen molar-refractivity contribution in [2.45, 2.75) is 77.9 Å². The fourth-order valence-electron chi connectivity index (χ4n) is 2.10. The topological polar surface area (TPSA) is 28.2 Å². The molecule has 0 aliphatic heterocycles. The molecule has 1 fully saturated rings. The number of hydrogen-bond acceptors (Lipinski definition) is 4. The van der Waals surface area contributed by atoms with Gasteiger partial charge in [0, 0.05) is 30.1 Å². The van der Waals surface area contributed by atoms with Gasteiger partial charge in [0.25, 0.3) is 0 Å². The van der Waals surface area contributed by atoms with Crippen LogP contribution in [0.15, 0.2) is 0 Å². The first-order valence-electron chi connectivity index (χ1n) is 7.93. The lowest BCUT2D eigenvalue weighted by Gasteiger charge is -2.34. The summed E-state index contributed by atoms with van der Waals surface area (Å²) in [5.74, 6) is 0.